The van der Waals surface area contributed by atoms with Crippen LogP contribution >= 0.6 is 0 Å². The van der Waals surface area contributed by atoms with Gasteiger partial charge in [0.15, 0.2) is 6.29 Å². The zero-order valence-corrected chi connectivity index (χ0v) is 11.0. The lowest BCUT2D eigenvalue weighted by atomic mass is 10.0. The second-order valence-corrected chi connectivity index (χ2v) is 5.14. The first-order valence-electron chi connectivity index (χ1n) is 6.45. The lowest BCUT2D eigenvalue weighted by molar-refractivity contribution is -0.325. The minimum atomic E-state index is -2.29. The molecule has 0 unspecified atom stereocenters. The highest BCUT2D eigenvalue weighted by atomic mass is 16.7. The first kappa shape index (κ1) is 17.0. The summed E-state index contributed by atoms with van der Waals surface area (Å²) in [7, 11) is 0. The van der Waals surface area contributed by atoms with Crippen molar-refractivity contribution >= 4 is 0 Å². The van der Waals surface area contributed by atoms with Gasteiger partial charge in [-0.25, -0.2) is 0 Å². The van der Waals surface area contributed by atoms with Crippen LogP contribution < -0.4 is 0 Å². The third-order valence-corrected chi connectivity index (χ3v) is 3.63. The molecule has 2 aliphatic heterocycles. The van der Waals surface area contributed by atoms with Crippen LogP contribution in [0.4, 0.5) is 0 Å². The van der Waals surface area contributed by atoms with Gasteiger partial charge in [-0.05, 0) is 0 Å². The first-order valence-corrected chi connectivity index (χ1v) is 6.45. The Hall–Kier alpha value is -0.400. The zero-order valence-electron chi connectivity index (χ0n) is 11.0. The van der Waals surface area contributed by atoms with E-state index in [1.165, 1.54) is 0 Å². The second-order valence-electron chi connectivity index (χ2n) is 5.14. The summed E-state index contributed by atoms with van der Waals surface area (Å²) in [6.07, 6.45) is -10.1. The largest absolute Gasteiger partial charge is 0.394 e. The van der Waals surface area contributed by atoms with Gasteiger partial charge in [0.1, 0.15) is 36.6 Å². The summed E-state index contributed by atoms with van der Waals surface area (Å²) in [5.74, 6) is -2.29. The Labute approximate surface area is 119 Å². The van der Waals surface area contributed by atoms with E-state index in [0.717, 1.165) is 0 Å². The molecule has 0 radical (unpaired) electrons. The van der Waals surface area contributed by atoms with E-state index in [0.29, 0.717) is 0 Å². The predicted molar refractivity (Wildman–Crippen MR) is 62.6 cm³/mol. The molecule has 0 aromatic heterocycles. The maximum atomic E-state index is 10.0. The van der Waals surface area contributed by atoms with E-state index in [9.17, 15) is 30.6 Å². The van der Waals surface area contributed by atoms with Crippen LogP contribution in [-0.4, -0.2) is 104 Å². The van der Waals surface area contributed by atoms with E-state index >= 15 is 0 Å². The molecule has 0 aliphatic carbocycles. The van der Waals surface area contributed by atoms with Crippen molar-refractivity contribution in [2.75, 3.05) is 19.8 Å². The Morgan fingerprint density at radius 1 is 1.05 bits per heavy atom. The highest BCUT2D eigenvalue weighted by Gasteiger charge is 2.56. The van der Waals surface area contributed by atoms with Gasteiger partial charge in [0, 0.05) is 0 Å². The number of aliphatic hydroxyl groups excluding tert-OH is 6. The third kappa shape index (κ3) is 3.05. The molecule has 21 heavy (non-hydrogen) atoms. The van der Waals surface area contributed by atoms with Gasteiger partial charge in [0.2, 0.25) is 5.79 Å². The van der Waals surface area contributed by atoms with E-state index in [1.54, 1.807) is 0 Å². The topological polar surface area (TPSA) is 169 Å². The highest BCUT2D eigenvalue weighted by molar-refractivity contribution is 4.97. The number of hydrogen-bond acceptors (Lipinski definition) is 10. The molecule has 7 N–H and O–H groups in total. The molecule has 10 heteroatoms. The molecule has 0 amide bonds. The Morgan fingerprint density at radius 2 is 1.71 bits per heavy atom. The molecule has 0 aromatic carbocycles. The molecular weight excluding hydrogens is 292 g/mol. The molecule has 10 nitrogen and oxygen atoms in total. The lowest BCUT2D eigenvalue weighted by Crippen LogP contribution is -2.58. The summed E-state index contributed by atoms with van der Waals surface area (Å²) in [5, 5.41) is 66.8. The molecule has 0 bridgehead atoms. The summed E-state index contributed by atoms with van der Waals surface area (Å²) < 4.78 is 15.1. The normalized spacial score (nSPS) is 51.3. The SMILES string of the molecule is OC[C@H]1O[C@](O)(CO)[C@@H](O[C@H]2OC[C@@H](O)[C@@H](O)[C@@H]2O)[C@@H]1O. The minimum absolute atomic E-state index is 0.326. The molecule has 2 saturated heterocycles. The van der Waals surface area contributed by atoms with Crippen molar-refractivity contribution in [3.05, 3.63) is 0 Å². The molecule has 0 aromatic rings. The van der Waals surface area contributed by atoms with Gasteiger partial charge in [-0.3, -0.25) is 0 Å². The van der Waals surface area contributed by atoms with Gasteiger partial charge < -0.3 is 50.0 Å². The van der Waals surface area contributed by atoms with E-state index in [-0.39, 0.29) is 6.61 Å². The van der Waals surface area contributed by atoms with Crippen LogP contribution in [0, 0.1) is 0 Å². The zero-order chi connectivity index (χ0) is 15.8. The van der Waals surface area contributed by atoms with Crippen molar-refractivity contribution < 1.29 is 50.0 Å². The molecule has 124 valence electrons. The van der Waals surface area contributed by atoms with E-state index in [2.05, 4.69) is 0 Å². The summed E-state index contributed by atoms with van der Waals surface area (Å²) >= 11 is 0. The van der Waals surface area contributed by atoms with Crippen LogP contribution in [0.3, 0.4) is 0 Å². The van der Waals surface area contributed by atoms with Crippen LogP contribution in [0.2, 0.25) is 0 Å². The summed E-state index contributed by atoms with van der Waals surface area (Å²) in [5.41, 5.74) is 0. The minimum Gasteiger partial charge on any atom is -0.394 e. The molecule has 0 saturated carbocycles. The average Bonchev–Trinajstić information content (AvgIpc) is 2.72. The fraction of sp³-hybridized carbons (Fsp3) is 1.00. The lowest BCUT2D eigenvalue weighted by Gasteiger charge is -2.38. The van der Waals surface area contributed by atoms with Crippen molar-refractivity contribution in [2.45, 2.75) is 48.7 Å². The van der Waals surface area contributed by atoms with Crippen molar-refractivity contribution in [1.82, 2.24) is 0 Å². The number of ether oxygens (including phenoxy) is 3. The molecule has 2 rings (SSSR count). The van der Waals surface area contributed by atoms with Gasteiger partial charge in [0.25, 0.3) is 0 Å². The van der Waals surface area contributed by atoms with E-state index in [4.69, 9.17) is 19.3 Å². The van der Waals surface area contributed by atoms with Gasteiger partial charge in [0.05, 0.1) is 19.8 Å². The van der Waals surface area contributed by atoms with Crippen LogP contribution in [-0.2, 0) is 14.2 Å². The molecule has 8 atom stereocenters. The second kappa shape index (κ2) is 6.38. The summed E-state index contributed by atoms with van der Waals surface area (Å²) in [6.45, 7) is -1.88. The Morgan fingerprint density at radius 3 is 2.29 bits per heavy atom. The quantitative estimate of drug-likeness (QED) is 0.267. The van der Waals surface area contributed by atoms with E-state index < -0.39 is 61.9 Å². The number of aliphatic hydroxyl groups is 7. The van der Waals surface area contributed by atoms with Crippen molar-refractivity contribution in [2.24, 2.45) is 0 Å². The fourth-order valence-electron chi connectivity index (χ4n) is 2.36. The van der Waals surface area contributed by atoms with Crippen LogP contribution in [0.5, 0.6) is 0 Å². The van der Waals surface area contributed by atoms with Gasteiger partial charge in [-0.1, -0.05) is 0 Å². The van der Waals surface area contributed by atoms with Crippen LogP contribution in [0.1, 0.15) is 0 Å². The van der Waals surface area contributed by atoms with Crippen molar-refractivity contribution in [3.63, 3.8) is 0 Å². The maximum Gasteiger partial charge on any atom is 0.219 e. The molecular formula is C11H20O10. The number of hydrogen-bond donors (Lipinski definition) is 7. The monoisotopic (exact) mass is 312 g/mol. The third-order valence-electron chi connectivity index (χ3n) is 3.63. The highest BCUT2D eigenvalue weighted by Crippen LogP contribution is 2.33. The predicted octanol–water partition coefficient (Wildman–Crippen LogP) is -4.76. The van der Waals surface area contributed by atoms with E-state index in [1.807, 2.05) is 0 Å². The fourth-order valence-corrected chi connectivity index (χ4v) is 2.36. The first-order chi connectivity index (χ1) is 9.84. The van der Waals surface area contributed by atoms with Gasteiger partial charge in [-0.15, -0.1) is 0 Å². The smallest absolute Gasteiger partial charge is 0.219 e. The standard InChI is InChI=1S/C11H20O10/c12-1-5-7(16)9(11(18,3-13)21-5)20-10-8(17)6(15)4(14)2-19-10/h4-10,12-18H,1-3H2/t4-,5-,6-,7-,8+,9+,10-,11-/m1/s1. The summed E-state index contributed by atoms with van der Waals surface area (Å²) in [6, 6.07) is 0. The Kier molecular flexibility index (Phi) is 5.15. The molecule has 2 heterocycles. The summed E-state index contributed by atoms with van der Waals surface area (Å²) in [4.78, 5) is 0. The molecule has 2 fully saturated rings. The molecule has 2 aliphatic rings. The van der Waals surface area contributed by atoms with Gasteiger partial charge >= 0.3 is 0 Å². The van der Waals surface area contributed by atoms with Crippen LogP contribution in [0.25, 0.3) is 0 Å². The maximum absolute atomic E-state index is 10.0. The van der Waals surface area contributed by atoms with Crippen molar-refractivity contribution in [1.29, 1.82) is 0 Å². The van der Waals surface area contributed by atoms with Gasteiger partial charge in [-0.2, -0.15) is 0 Å². The number of rotatable bonds is 4. The Bertz CT molecular complexity index is 354. The van der Waals surface area contributed by atoms with Crippen molar-refractivity contribution in [3.8, 4) is 0 Å². The van der Waals surface area contributed by atoms with Crippen LogP contribution in [0.15, 0.2) is 0 Å². The Balaban J connectivity index is 2.09. The molecule has 0 spiro atoms. The average molecular weight is 312 g/mol.